The standard InChI is InChI=1S/C12H8ClFN4/c1-7-16-11(13)5-12(17-7)18-10-4-2-3-9(14)8(10)6-15/h2-5H,1H3,(H,16,17,18). The first-order chi connectivity index (χ1) is 8.60. The minimum Gasteiger partial charge on any atom is -0.339 e. The van der Waals surface area contributed by atoms with Gasteiger partial charge in [-0.1, -0.05) is 17.7 Å². The van der Waals surface area contributed by atoms with Crippen LogP contribution in [-0.2, 0) is 0 Å². The number of nitriles is 1. The third-order valence-corrected chi connectivity index (χ3v) is 2.39. The molecule has 90 valence electrons. The van der Waals surface area contributed by atoms with Crippen molar-refractivity contribution in [2.45, 2.75) is 6.92 Å². The number of benzene rings is 1. The fourth-order valence-electron chi connectivity index (χ4n) is 1.48. The maximum Gasteiger partial charge on any atom is 0.143 e. The molecule has 18 heavy (non-hydrogen) atoms. The van der Waals surface area contributed by atoms with Crippen molar-refractivity contribution in [3.63, 3.8) is 0 Å². The Hall–Kier alpha value is -2.19. The summed E-state index contributed by atoms with van der Waals surface area (Å²) in [6.45, 7) is 1.69. The summed E-state index contributed by atoms with van der Waals surface area (Å²) in [6.07, 6.45) is 0. The fraction of sp³-hybridized carbons (Fsp3) is 0.0833. The Balaban J connectivity index is 2.40. The predicted octanol–water partition coefficient (Wildman–Crippen LogP) is 3.19. The molecule has 0 amide bonds. The van der Waals surface area contributed by atoms with Crippen LogP contribution in [0.15, 0.2) is 24.3 Å². The van der Waals surface area contributed by atoms with E-state index in [1.807, 2.05) is 0 Å². The molecule has 6 heteroatoms. The van der Waals surface area contributed by atoms with Gasteiger partial charge in [-0.3, -0.25) is 0 Å². The Morgan fingerprint density at radius 1 is 1.39 bits per heavy atom. The van der Waals surface area contributed by atoms with Crippen molar-refractivity contribution in [2.75, 3.05) is 5.32 Å². The molecule has 0 spiro atoms. The molecule has 1 aromatic heterocycles. The summed E-state index contributed by atoms with van der Waals surface area (Å²) in [5.74, 6) is 0.314. The molecule has 1 aromatic carbocycles. The fourth-order valence-corrected chi connectivity index (χ4v) is 1.70. The summed E-state index contributed by atoms with van der Waals surface area (Å²) in [4.78, 5) is 8.01. The second-order valence-electron chi connectivity index (χ2n) is 3.52. The molecule has 0 saturated heterocycles. The molecule has 2 aromatic rings. The Bertz CT molecular complexity index is 616. The van der Waals surface area contributed by atoms with Crippen LogP contribution in [0.4, 0.5) is 15.9 Å². The number of nitrogens with one attached hydrogen (secondary N) is 1. The molecule has 1 N–H and O–H groups in total. The van der Waals surface area contributed by atoms with Crippen LogP contribution in [0.2, 0.25) is 5.15 Å². The van der Waals surface area contributed by atoms with Gasteiger partial charge in [0.1, 0.15) is 34.2 Å². The molecular weight excluding hydrogens is 255 g/mol. The topological polar surface area (TPSA) is 61.6 Å². The lowest BCUT2D eigenvalue weighted by Crippen LogP contribution is -2.00. The zero-order valence-corrected chi connectivity index (χ0v) is 10.2. The number of aromatic nitrogens is 2. The number of rotatable bonds is 2. The maximum absolute atomic E-state index is 13.4. The monoisotopic (exact) mass is 262 g/mol. The van der Waals surface area contributed by atoms with Crippen LogP contribution in [0.25, 0.3) is 0 Å². The number of hydrogen-bond donors (Lipinski definition) is 1. The van der Waals surface area contributed by atoms with E-state index in [2.05, 4.69) is 15.3 Å². The van der Waals surface area contributed by atoms with Crippen molar-refractivity contribution in [1.29, 1.82) is 5.26 Å². The molecule has 0 aliphatic rings. The molecule has 1 heterocycles. The van der Waals surface area contributed by atoms with E-state index in [4.69, 9.17) is 16.9 Å². The first-order valence-corrected chi connectivity index (χ1v) is 5.45. The molecule has 0 aliphatic carbocycles. The van der Waals surface area contributed by atoms with Crippen molar-refractivity contribution in [3.05, 3.63) is 46.6 Å². The molecule has 0 unspecified atom stereocenters. The summed E-state index contributed by atoms with van der Waals surface area (Å²) >= 11 is 5.79. The maximum atomic E-state index is 13.4. The van der Waals surface area contributed by atoms with Gasteiger partial charge in [0.15, 0.2) is 0 Å². The van der Waals surface area contributed by atoms with E-state index >= 15 is 0 Å². The van der Waals surface area contributed by atoms with E-state index in [1.165, 1.54) is 18.2 Å². The van der Waals surface area contributed by atoms with E-state index < -0.39 is 5.82 Å². The van der Waals surface area contributed by atoms with Crippen LogP contribution in [0.5, 0.6) is 0 Å². The minimum absolute atomic E-state index is 0.0649. The van der Waals surface area contributed by atoms with Crippen molar-refractivity contribution in [3.8, 4) is 6.07 Å². The third kappa shape index (κ3) is 2.55. The summed E-state index contributed by atoms with van der Waals surface area (Å²) < 4.78 is 13.4. The number of halogens is 2. The van der Waals surface area contributed by atoms with Crippen LogP contribution < -0.4 is 5.32 Å². The largest absolute Gasteiger partial charge is 0.339 e. The van der Waals surface area contributed by atoms with Gasteiger partial charge in [0.05, 0.1) is 5.69 Å². The summed E-state index contributed by atoms with van der Waals surface area (Å²) in [7, 11) is 0. The Labute approximate surface area is 108 Å². The molecule has 0 saturated carbocycles. The van der Waals surface area contributed by atoms with Crippen LogP contribution in [0.3, 0.4) is 0 Å². The van der Waals surface area contributed by atoms with Crippen molar-refractivity contribution in [1.82, 2.24) is 9.97 Å². The van der Waals surface area contributed by atoms with Crippen molar-refractivity contribution in [2.24, 2.45) is 0 Å². The molecular formula is C12H8ClFN4. The SMILES string of the molecule is Cc1nc(Cl)cc(Nc2cccc(F)c2C#N)n1. The molecule has 0 aliphatic heterocycles. The van der Waals surface area contributed by atoms with Gasteiger partial charge < -0.3 is 5.32 Å². The lowest BCUT2D eigenvalue weighted by Gasteiger charge is -2.08. The molecule has 4 nitrogen and oxygen atoms in total. The summed E-state index contributed by atoms with van der Waals surface area (Å²) in [5.41, 5.74) is 0.275. The van der Waals surface area contributed by atoms with Gasteiger partial charge >= 0.3 is 0 Å². The predicted molar refractivity (Wildman–Crippen MR) is 66.2 cm³/mol. The lowest BCUT2D eigenvalue weighted by molar-refractivity contribution is 0.624. The highest BCUT2D eigenvalue weighted by atomic mass is 35.5. The normalized spacial score (nSPS) is 9.89. The molecule has 0 radical (unpaired) electrons. The highest BCUT2D eigenvalue weighted by molar-refractivity contribution is 6.29. The van der Waals surface area contributed by atoms with Crippen molar-refractivity contribution < 1.29 is 4.39 Å². The molecule has 0 atom stereocenters. The van der Waals surface area contributed by atoms with Gasteiger partial charge in [-0.15, -0.1) is 0 Å². The van der Waals surface area contributed by atoms with Crippen LogP contribution >= 0.6 is 11.6 Å². The van der Waals surface area contributed by atoms with E-state index in [0.29, 0.717) is 17.3 Å². The van der Waals surface area contributed by atoms with Crippen LogP contribution in [0.1, 0.15) is 11.4 Å². The van der Waals surface area contributed by atoms with Gasteiger partial charge in [0, 0.05) is 6.07 Å². The lowest BCUT2D eigenvalue weighted by atomic mass is 10.2. The zero-order chi connectivity index (χ0) is 13.1. The second-order valence-corrected chi connectivity index (χ2v) is 3.91. The Morgan fingerprint density at radius 3 is 2.83 bits per heavy atom. The van der Waals surface area contributed by atoms with Crippen molar-refractivity contribution >= 4 is 23.1 Å². The zero-order valence-electron chi connectivity index (χ0n) is 9.41. The Morgan fingerprint density at radius 2 is 2.17 bits per heavy atom. The Kier molecular flexibility index (Phi) is 3.40. The summed E-state index contributed by atoms with van der Waals surface area (Å²) in [5, 5.41) is 12.0. The van der Waals surface area contributed by atoms with Gasteiger partial charge in [0.2, 0.25) is 0 Å². The second kappa shape index (κ2) is 4.98. The number of aryl methyl sites for hydroxylation is 1. The third-order valence-electron chi connectivity index (χ3n) is 2.19. The average molecular weight is 263 g/mol. The average Bonchev–Trinajstić information content (AvgIpc) is 2.27. The quantitative estimate of drug-likeness (QED) is 0.845. The van der Waals surface area contributed by atoms with Gasteiger partial charge in [-0.25, -0.2) is 14.4 Å². The molecule has 2 rings (SSSR count). The highest BCUT2D eigenvalue weighted by Gasteiger charge is 2.09. The van der Waals surface area contributed by atoms with Crippen LogP contribution in [-0.4, -0.2) is 9.97 Å². The highest BCUT2D eigenvalue weighted by Crippen LogP contribution is 2.22. The first-order valence-electron chi connectivity index (χ1n) is 5.07. The molecule has 0 bridgehead atoms. The van der Waals surface area contributed by atoms with E-state index in [0.717, 1.165) is 0 Å². The van der Waals surface area contributed by atoms with E-state index in [-0.39, 0.29) is 10.7 Å². The van der Waals surface area contributed by atoms with E-state index in [1.54, 1.807) is 19.1 Å². The first kappa shape index (κ1) is 12.3. The van der Waals surface area contributed by atoms with Gasteiger partial charge in [-0.05, 0) is 19.1 Å². The molecule has 0 fully saturated rings. The summed E-state index contributed by atoms with van der Waals surface area (Å²) in [6, 6.07) is 7.62. The smallest absolute Gasteiger partial charge is 0.143 e. The number of anilines is 2. The van der Waals surface area contributed by atoms with E-state index in [9.17, 15) is 4.39 Å². The number of nitrogens with zero attached hydrogens (tertiary/aromatic N) is 3. The van der Waals surface area contributed by atoms with Gasteiger partial charge in [0.25, 0.3) is 0 Å². The number of hydrogen-bond acceptors (Lipinski definition) is 4. The van der Waals surface area contributed by atoms with Crippen LogP contribution in [0, 0.1) is 24.1 Å². The van der Waals surface area contributed by atoms with Gasteiger partial charge in [-0.2, -0.15) is 5.26 Å². The minimum atomic E-state index is -0.584.